The summed E-state index contributed by atoms with van der Waals surface area (Å²) < 4.78 is 53.2. The summed E-state index contributed by atoms with van der Waals surface area (Å²) in [5.41, 5.74) is 2.89. The van der Waals surface area contributed by atoms with Crippen LogP contribution in [0.15, 0.2) is 109 Å². The molecular weight excluding hydrogens is 627 g/mol. The Labute approximate surface area is 278 Å². The molecule has 4 aromatic carbocycles. The molecule has 0 radical (unpaired) electrons. The Balaban J connectivity index is 1.38. The standard InChI is InChI=1S/C37H40F2O5S2/c1-37(2)43-33(32(25-45-23-28-9-5-3-6-10-28)41-21-26-13-17-30(38)18-14-26)34(44-37)35(42-22-27-15-19-31(39)20-16-27)36(40)46-24-29-11-7-4-8-12-29/h3-20,32-36,40H,21-25H2,1-2H3/t32-,33-,34+,35+,36?/m1/s1. The molecule has 5 atom stereocenters. The molecule has 5 nitrogen and oxygen atoms in total. The lowest BCUT2D eigenvalue weighted by molar-refractivity contribution is -0.169. The Hall–Kier alpha value is -2.76. The third-order valence-corrected chi connectivity index (χ3v) is 9.74. The molecule has 0 spiro atoms. The molecule has 1 N–H and O–H groups in total. The average molecular weight is 667 g/mol. The zero-order chi connectivity index (χ0) is 32.4. The number of benzene rings is 4. The highest BCUT2D eigenvalue weighted by atomic mass is 32.2. The van der Waals surface area contributed by atoms with Crippen LogP contribution < -0.4 is 0 Å². The Morgan fingerprint density at radius 1 is 0.674 bits per heavy atom. The maximum absolute atomic E-state index is 13.6. The van der Waals surface area contributed by atoms with Gasteiger partial charge in [0.1, 0.15) is 35.4 Å². The van der Waals surface area contributed by atoms with Gasteiger partial charge in [0.15, 0.2) is 5.79 Å². The molecule has 0 amide bonds. The summed E-state index contributed by atoms with van der Waals surface area (Å²) in [5, 5.41) is 11.6. The lowest BCUT2D eigenvalue weighted by Crippen LogP contribution is -2.49. The van der Waals surface area contributed by atoms with Crippen molar-refractivity contribution in [1.29, 1.82) is 0 Å². The van der Waals surface area contributed by atoms with Crippen molar-refractivity contribution < 1.29 is 32.8 Å². The van der Waals surface area contributed by atoms with Gasteiger partial charge in [-0.05, 0) is 60.4 Å². The fourth-order valence-corrected chi connectivity index (χ4v) is 7.25. The number of aliphatic hydroxyl groups excluding tert-OH is 1. The minimum absolute atomic E-state index is 0.144. The largest absolute Gasteiger partial charge is 0.380 e. The molecular formula is C37H40F2O5S2. The fraction of sp³-hybridized carbons (Fsp3) is 0.351. The van der Waals surface area contributed by atoms with Crippen molar-refractivity contribution in [2.45, 2.75) is 74.2 Å². The van der Waals surface area contributed by atoms with Crippen molar-refractivity contribution in [2.24, 2.45) is 0 Å². The van der Waals surface area contributed by atoms with E-state index in [-0.39, 0.29) is 24.8 Å². The highest BCUT2D eigenvalue weighted by Crippen LogP contribution is 2.38. The summed E-state index contributed by atoms with van der Waals surface area (Å²) in [6, 6.07) is 32.5. The molecule has 1 fully saturated rings. The van der Waals surface area contributed by atoms with Gasteiger partial charge >= 0.3 is 0 Å². The molecule has 1 aliphatic heterocycles. The fourth-order valence-electron chi connectivity index (χ4n) is 5.21. The lowest BCUT2D eigenvalue weighted by atomic mass is 10.0. The summed E-state index contributed by atoms with van der Waals surface area (Å²) >= 11 is 3.07. The van der Waals surface area contributed by atoms with Crippen LogP contribution in [0.3, 0.4) is 0 Å². The van der Waals surface area contributed by atoms with Crippen LogP contribution in [-0.2, 0) is 43.7 Å². The zero-order valence-corrected chi connectivity index (χ0v) is 27.6. The molecule has 5 rings (SSSR count). The first-order chi connectivity index (χ1) is 22.3. The van der Waals surface area contributed by atoms with Gasteiger partial charge in [-0.2, -0.15) is 11.8 Å². The monoisotopic (exact) mass is 666 g/mol. The van der Waals surface area contributed by atoms with Crippen LogP contribution in [0, 0.1) is 11.6 Å². The van der Waals surface area contributed by atoms with Gasteiger partial charge in [0.2, 0.25) is 0 Å². The van der Waals surface area contributed by atoms with E-state index in [1.807, 2.05) is 62.4 Å². The maximum Gasteiger partial charge on any atom is 0.164 e. The molecule has 46 heavy (non-hydrogen) atoms. The molecule has 244 valence electrons. The minimum atomic E-state index is -0.974. The molecule has 0 aromatic heterocycles. The van der Waals surface area contributed by atoms with Gasteiger partial charge < -0.3 is 24.1 Å². The number of thioether (sulfide) groups is 2. The molecule has 1 heterocycles. The van der Waals surface area contributed by atoms with E-state index in [0.29, 0.717) is 11.5 Å². The van der Waals surface area contributed by atoms with Crippen molar-refractivity contribution in [3.63, 3.8) is 0 Å². The third kappa shape index (κ3) is 10.4. The summed E-state index contributed by atoms with van der Waals surface area (Å²) in [4.78, 5) is 0. The highest BCUT2D eigenvalue weighted by molar-refractivity contribution is 7.99. The first-order valence-corrected chi connectivity index (χ1v) is 17.5. The van der Waals surface area contributed by atoms with Crippen molar-refractivity contribution >= 4 is 23.5 Å². The summed E-state index contributed by atoms with van der Waals surface area (Å²) in [6.45, 7) is 4.07. The molecule has 0 saturated carbocycles. The molecule has 1 aliphatic rings. The molecule has 0 aliphatic carbocycles. The average Bonchev–Trinajstić information content (AvgIpc) is 3.38. The Morgan fingerprint density at radius 3 is 1.74 bits per heavy atom. The van der Waals surface area contributed by atoms with Gasteiger partial charge in [0, 0.05) is 17.3 Å². The van der Waals surface area contributed by atoms with Gasteiger partial charge in [-0.3, -0.25) is 0 Å². The van der Waals surface area contributed by atoms with Gasteiger partial charge in [0.05, 0.1) is 19.3 Å². The number of ether oxygens (including phenoxy) is 4. The SMILES string of the molecule is CC1(C)O[C@H]([C@H](OCc2ccc(F)cc2)C(O)SCc2ccccc2)[C@@H]([C@@H](CSCc2ccccc2)OCc2ccc(F)cc2)O1. The quantitative estimate of drug-likeness (QED) is 0.121. The lowest BCUT2D eigenvalue weighted by Gasteiger charge is -2.33. The second-order valence-corrected chi connectivity index (χ2v) is 13.8. The van der Waals surface area contributed by atoms with E-state index < -0.39 is 35.6 Å². The van der Waals surface area contributed by atoms with Crippen LogP contribution >= 0.6 is 23.5 Å². The second kappa shape index (κ2) is 16.9. The van der Waals surface area contributed by atoms with E-state index >= 15 is 0 Å². The maximum atomic E-state index is 13.6. The van der Waals surface area contributed by atoms with Crippen LogP contribution in [0.4, 0.5) is 8.78 Å². The van der Waals surface area contributed by atoms with Crippen LogP contribution in [0.2, 0.25) is 0 Å². The van der Waals surface area contributed by atoms with E-state index in [2.05, 4.69) is 12.1 Å². The van der Waals surface area contributed by atoms with E-state index in [1.165, 1.54) is 41.6 Å². The molecule has 0 bridgehead atoms. The molecule has 1 saturated heterocycles. The number of rotatable bonds is 16. The first-order valence-electron chi connectivity index (χ1n) is 15.3. The van der Waals surface area contributed by atoms with Gasteiger partial charge in [-0.25, -0.2) is 8.78 Å². The van der Waals surface area contributed by atoms with E-state index in [4.69, 9.17) is 18.9 Å². The molecule has 1 unspecified atom stereocenters. The van der Waals surface area contributed by atoms with Crippen molar-refractivity contribution in [3.05, 3.63) is 143 Å². The zero-order valence-electron chi connectivity index (χ0n) is 26.0. The normalized spacial score (nSPS) is 19.5. The van der Waals surface area contributed by atoms with Crippen LogP contribution in [-0.4, -0.2) is 46.5 Å². The van der Waals surface area contributed by atoms with E-state index in [9.17, 15) is 13.9 Å². The number of halogens is 2. The Morgan fingerprint density at radius 2 is 1.17 bits per heavy atom. The number of hydrogen-bond acceptors (Lipinski definition) is 7. The van der Waals surface area contributed by atoms with Crippen molar-refractivity contribution in [3.8, 4) is 0 Å². The Bertz CT molecular complexity index is 1460. The van der Waals surface area contributed by atoms with Gasteiger partial charge in [-0.15, -0.1) is 11.8 Å². The molecule has 9 heteroatoms. The Kier molecular flexibility index (Phi) is 12.7. The smallest absolute Gasteiger partial charge is 0.164 e. The van der Waals surface area contributed by atoms with E-state index in [0.717, 1.165) is 22.4 Å². The van der Waals surface area contributed by atoms with Crippen molar-refractivity contribution in [1.82, 2.24) is 0 Å². The first kappa shape index (κ1) is 34.6. The predicted molar refractivity (Wildman–Crippen MR) is 180 cm³/mol. The number of hydrogen-bond donors (Lipinski definition) is 1. The van der Waals surface area contributed by atoms with Crippen molar-refractivity contribution in [2.75, 3.05) is 5.75 Å². The summed E-state index contributed by atoms with van der Waals surface area (Å²) in [6.07, 6.45) is -2.54. The second-order valence-electron chi connectivity index (χ2n) is 11.6. The topological polar surface area (TPSA) is 57.2 Å². The summed E-state index contributed by atoms with van der Waals surface area (Å²) in [5.74, 6) is 0.307. The van der Waals surface area contributed by atoms with Crippen LogP contribution in [0.5, 0.6) is 0 Å². The third-order valence-electron chi connectivity index (χ3n) is 7.53. The van der Waals surface area contributed by atoms with Gasteiger partial charge in [-0.1, -0.05) is 84.9 Å². The van der Waals surface area contributed by atoms with Crippen LogP contribution in [0.1, 0.15) is 36.1 Å². The minimum Gasteiger partial charge on any atom is -0.380 e. The molecule has 4 aromatic rings. The van der Waals surface area contributed by atoms with Crippen LogP contribution in [0.25, 0.3) is 0 Å². The van der Waals surface area contributed by atoms with E-state index in [1.54, 1.807) is 36.0 Å². The highest BCUT2D eigenvalue weighted by Gasteiger charge is 2.51. The van der Waals surface area contributed by atoms with Gasteiger partial charge in [0.25, 0.3) is 0 Å². The predicted octanol–water partition coefficient (Wildman–Crippen LogP) is 8.14. The number of aliphatic hydroxyl groups is 1. The summed E-state index contributed by atoms with van der Waals surface area (Å²) in [7, 11) is 0.